The molecule has 1 aromatic heterocycles. The van der Waals surface area contributed by atoms with Crippen LogP contribution >= 0.6 is 12.2 Å². The molecule has 5 nitrogen and oxygen atoms in total. The highest BCUT2D eigenvalue weighted by molar-refractivity contribution is 7.80. The Morgan fingerprint density at radius 1 is 1.65 bits per heavy atom. The molecule has 0 aromatic carbocycles. The second-order valence-electron chi connectivity index (χ2n) is 3.76. The van der Waals surface area contributed by atoms with E-state index in [4.69, 9.17) is 22.7 Å². The maximum atomic E-state index is 9.59. The molecule has 0 radical (unpaired) electrons. The predicted octanol–water partition coefficient (Wildman–Crippen LogP) is 0.159. The van der Waals surface area contributed by atoms with Crippen molar-refractivity contribution in [3.63, 3.8) is 0 Å². The normalized spacial score (nSPS) is 12.2. The number of thiocarbonyl (C=S) groups is 1. The van der Waals surface area contributed by atoms with Gasteiger partial charge in [0.05, 0.1) is 12.7 Å². The lowest BCUT2D eigenvalue weighted by atomic mass is 10.2. The van der Waals surface area contributed by atoms with Crippen molar-refractivity contribution < 1.29 is 9.84 Å². The smallest absolute Gasteiger partial charge is 0.128 e. The Balaban J connectivity index is 2.63. The molecular formula is C11H17N3O2S. The van der Waals surface area contributed by atoms with Crippen LogP contribution in [0.4, 0.5) is 5.82 Å². The summed E-state index contributed by atoms with van der Waals surface area (Å²) in [5.74, 6) is 0.750. The van der Waals surface area contributed by atoms with E-state index in [1.807, 2.05) is 24.1 Å². The lowest BCUT2D eigenvalue weighted by molar-refractivity contribution is 0.0694. The second kappa shape index (κ2) is 6.48. The summed E-state index contributed by atoms with van der Waals surface area (Å²) < 4.78 is 4.86. The average Bonchev–Trinajstić information content (AvgIpc) is 2.29. The number of anilines is 1. The monoisotopic (exact) mass is 255 g/mol. The standard InChI is InChI=1S/C11H17N3O2S/c1-14(6-9(15)7-16-2)10-4-3-8(5-13-10)11(12)17/h3-5,9,15H,6-7H2,1-2H3,(H2,12,17). The summed E-state index contributed by atoms with van der Waals surface area (Å²) >= 11 is 4.84. The van der Waals surface area contributed by atoms with Gasteiger partial charge in [0, 0.05) is 32.5 Å². The summed E-state index contributed by atoms with van der Waals surface area (Å²) in [5.41, 5.74) is 6.21. The Morgan fingerprint density at radius 3 is 2.82 bits per heavy atom. The predicted molar refractivity (Wildman–Crippen MR) is 71.3 cm³/mol. The van der Waals surface area contributed by atoms with Gasteiger partial charge in [-0.3, -0.25) is 0 Å². The number of ether oxygens (including phenoxy) is 1. The van der Waals surface area contributed by atoms with Crippen molar-refractivity contribution >= 4 is 23.0 Å². The van der Waals surface area contributed by atoms with Crippen LogP contribution in [0.1, 0.15) is 5.56 Å². The summed E-state index contributed by atoms with van der Waals surface area (Å²) in [6.07, 6.45) is 1.08. The van der Waals surface area contributed by atoms with Crippen LogP contribution in [-0.4, -0.2) is 48.5 Å². The number of aliphatic hydroxyl groups excluding tert-OH is 1. The quantitative estimate of drug-likeness (QED) is 0.706. The lowest BCUT2D eigenvalue weighted by Gasteiger charge is -2.21. The molecule has 1 rings (SSSR count). The van der Waals surface area contributed by atoms with Crippen molar-refractivity contribution in [1.29, 1.82) is 0 Å². The molecule has 1 atom stereocenters. The SMILES string of the molecule is COCC(O)CN(C)c1ccc(C(N)=S)cn1. The molecule has 94 valence electrons. The number of nitrogens with two attached hydrogens (primary N) is 1. The summed E-state index contributed by atoms with van der Waals surface area (Å²) in [7, 11) is 3.40. The Kier molecular flexibility index (Phi) is 5.27. The van der Waals surface area contributed by atoms with Gasteiger partial charge < -0.3 is 20.5 Å². The zero-order valence-corrected chi connectivity index (χ0v) is 10.8. The maximum Gasteiger partial charge on any atom is 0.128 e. The number of methoxy groups -OCH3 is 1. The molecule has 0 amide bonds. The van der Waals surface area contributed by atoms with E-state index in [2.05, 4.69) is 4.98 Å². The van der Waals surface area contributed by atoms with Crippen LogP contribution in [-0.2, 0) is 4.74 Å². The molecule has 0 aliphatic carbocycles. The van der Waals surface area contributed by atoms with Crippen molar-refractivity contribution in [3.05, 3.63) is 23.9 Å². The van der Waals surface area contributed by atoms with Crippen LogP contribution in [0.5, 0.6) is 0 Å². The molecule has 0 fully saturated rings. The highest BCUT2D eigenvalue weighted by Gasteiger charge is 2.09. The van der Waals surface area contributed by atoms with E-state index in [1.165, 1.54) is 0 Å². The van der Waals surface area contributed by atoms with Gasteiger partial charge in [-0.1, -0.05) is 12.2 Å². The summed E-state index contributed by atoms with van der Waals surface area (Å²) in [6, 6.07) is 3.62. The molecule has 3 N–H and O–H groups in total. The van der Waals surface area contributed by atoms with Gasteiger partial charge in [-0.05, 0) is 12.1 Å². The first-order valence-corrected chi connectivity index (χ1v) is 5.59. The number of aliphatic hydroxyl groups is 1. The van der Waals surface area contributed by atoms with Crippen molar-refractivity contribution in [3.8, 4) is 0 Å². The highest BCUT2D eigenvalue weighted by Crippen LogP contribution is 2.10. The molecule has 1 unspecified atom stereocenters. The highest BCUT2D eigenvalue weighted by atomic mass is 32.1. The second-order valence-corrected chi connectivity index (χ2v) is 4.20. The largest absolute Gasteiger partial charge is 0.389 e. The molecule has 0 bridgehead atoms. The third kappa shape index (κ3) is 4.26. The molecule has 0 saturated heterocycles. The lowest BCUT2D eigenvalue weighted by Crippen LogP contribution is -2.32. The summed E-state index contributed by atoms with van der Waals surface area (Å²) in [6.45, 7) is 0.753. The molecule has 0 spiro atoms. The molecule has 1 aromatic rings. The molecule has 6 heteroatoms. The van der Waals surface area contributed by atoms with Crippen molar-refractivity contribution in [2.24, 2.45) is 5.73 Å². The summed E-state index contributed by atoms with van der Waals surface area (Å²) in [5, 5.41) is 9.59. The Hall–Kier alpha value is -1.24. The van der Waals surface area contributed by atoms with Gasteiger partial charge in [-0.15, -0.1) is 0 Å². The maximum absolute atomic E-state index is 9.59. The van der Waals surface area contributed by atoms with E-state index in [-0.39, 0.29) is 0 Å². The molecule has 0 aliphatic heterocycles. The van der Waals surface area contributed by atoms with Crippen molar-refractivity contribution in [1.82, 2.24) is 4.98 Å². The van der Waals surface area contributed by atoms with Gasteiger partial charge in [0.25, 0.3) is 0 Å². The van der Waals surface area contributed by atoms with Crippen LogP contribution in [0.3, 0.4) is 0 Å². The van der Waals surface area contributed by atoms with E-state index in [0.717, 1.165) is 11.4 Å². The molecular weight excluding hydrogens is 238 g/mol. The van der Waals surface area contributed by atoms with Crippen LogP contribution in [0.2, 0.25) is 0 Å². The van der Waals surface area contributed by atoms with E-state index < -0.39 is 6.10 Å². The van der Waals surface area contributed by atoms with E-state index >= 15 is 0 Å². The van der Waals surface area contributed by atoms with Gasteiger partial charge >= 0.3 is 0 Å². The number of likely N-dealkylation sites (N-methyl/N-ethyl adjacent to an activating group) is 1. The van der Waals surface area contributed by atoms with Crippen LogP contribution in [0, 0.1) is 0 Å². The number of hydrogen-bond acceptors (Lipinski definition) is 5. The Bertz CT molecular complexity index is 369. The first-order valence-electron chi connectivity index (χ1n) is 5.18. The van der Waals surface area contributed by atoms with Gasteiger partial charge in [-0.2, -0.15) is 0 Å². The number of pyridine rings is 1. The Morgan fingerprint density at radius 2 is 2.35 bits per heavy atom. The Labute approximate surface area is 106 Å². The number of rotatable bonds is 6. The van der Waals surface area contributed by atoms with E-state index in [0.29, 0.717) is 18.1 Å². The number of nitrogens with zero attached hydrogens (tertiary/aromatic N) is 2. The minimum absolute atomic E-state index is 0.301. The van der Waals surface area contributed by atoms with Crippen molar-refractivity contribution in [2.75, 3.05) is 32.2 Å². The van der Waals surface area contributed by atoms with E-state index in [9.17, 15) is 5.11 Å². The first-order chi connectivity index (χ1) is 8.04. The number of hydrogen-bond donors (Lipinski definition) is 2. The fourth-order valence-electron chi connectivity index (χ4n) is 1.41. The minimum Gasteiger partial charge on any atom is -0.389 e. The van der Waals surface area contributed by atoms with Crippen molar-refractivity contribution in [2.45, 2.75) is 6.10 Å². The molecule has 0 saturated carbocycles. The first kappa shape index (κ1) is 13.8. The van der Waals surface area contributed by atoms with Gasteiger partial charge in [-0.25, -0.2) is 4.98 Å². The van der Waals surface area contributed by atoms with Gasteiger partial charge in [0.1, 0.15) is 10.8 Å². The molecule has 17 heavy (non-hydrogen) atoms. The average molecular weight is 255 g/mol. The zero-order chi connectivity index (χ0) is 12.8. The van der Waals surface area contributed by atoms with Gasteiger partial charge in [0.2, 0.25) is 0 Å². The topological polar surface area (TPSA) is 71.6 Å². The third-order valence-corrected chi connectivity index (χ3v) is 2.50. The zero-order valence-electron chi connectivity index (χ0n) is 9.96. The molecule has 0 aliphatic rings. The van der Waals surface area contributed by atoms with E-state index in [1.54, 1.807) is 13.3 Å². The number of aromatic nitrogens is 1. The fraction of sp³-hybridized carbons (Fsp3) is 0.455. The third-order valence-electron chi connectivity index (χ3n) is 2.27. The van der Waals surface area contributed by atoms with Crippen LogP contribution < -0.4 is 10.6 Å². The van der Waals surface area contributed by atoms with Gasteiger partial charge in [0.15, 0.2) is 0 Å². The van der Waals surface area contributed by atoms with Crippen LogP contribution in [0.25, 0.3) is 0 Å². The van der Waals surface area contributed by atoms with Crippen LogP contribution in [0.15, 0.2) is 18.3 Å². The minimum atomic E-state index is -0.540. The summed E-state index contributed by atoms with van der Waals surface area (Å²) in [4.78, 5) is 6.38. The molecule has 1 heterocycles. The fourth-order valence-corrected chi connectivity index (χ4v) is 1.53.